The Bertz CT molecular complexity index is 383. The monoisotopic (exact) mass is 184 g/mol. The van der Waals surface area contributed by atoms with Crippen LogP contribution in [0.3, 0.4) is 0 Å². The molecule has 14 heavy (non-hydrogen) atoms. The largest absolute Gasteiger partial charge is 0.0834 e. The van der Waals surface area contributed by atoms with Gasteiger partial charge in [-0.05, 0) is 30.4 Å². The highest BCUT2D eigenvalue weighted by Crippen LogP contribution is 2.24. The van der Waals surface area contributed by atoms with Gasteiger partial charge >= 0.3 is 0 Å². The van der Waals surface area contributed by atoms with Crippen molar-refractivity contribution < 1.29 is 0 Å². The molecule has 0 bridgehead atoms. The maximum Gasteiger partial charge on any atom is -0.0185 e. The van der Waals surface area contributed by atoms with Crippen LogP contribution in [0.15, 0.2) is 42.5 Å². The van der Waals surface area contributed by atoms with Gasteiger partial charge in [0.25, 0.3) is 0 Å². The molecule has 0 radical (unpaired) electrons. The van der Waals surface area contributed by atoms with Crippen LogP contribution >= 0.6 is 0 Å². The van der Waals surface area contributed by atoms with Gasteiger partial charge in [0.2, 0.25) is 0 Å². The van der Waals surface area contributed by atoms with Gasteiger partial charge in [0, 0.05) is 0 Å². The standard InChI is InChI=1S/C14H16/c1-11-5-3-7-13(9-11)14-8-4-6-12(2)10-14/h3-5,7-10,12H,6H2,1-2H3. The molecule has 0 nitrogen and oxygen atoms in total. The Labute approximate surface area is 86.0 Å². The summed E-state index contributed by atoms with van der Waals surface area (Å²) >= 11 is 0. The summed E-state index contributed by atoms with van der Waals surface area (Å²) in [5, 5.41) is 0. The normalized spacial score (nSPS) is 20.7. The average molecular weight is 184 g/mol. The predicted octanol–water partition coefficient (Wildman–Crippen LogP) is 3.97. The molecule has 0 saturated heterocycles. The van der Waals surface area contributed by atoms with Gasteiger partial charge in [-0.15, -0.1) is 0 Å². The number of allylic oxidation sites excluding steroid dienone is 4. The third kappa shape index (κ3) is 1.95. The zero-order valence-electron chi connectivity index (χ0n) is 8.83. The molecule has 0 aromatic heterocycles. The first-order valence-electron chi connectivity index (χ1n) is 5.21. The molecule has 1 aromatic carbocycles. The smallest absolute Gasteiger partial charge is 0.0185 e. The fourth-order valence-electron chi connectivity index (χ4n) is 1.86. The summed E-state index contributed by atoms with van der Waals surface area (Å²) < 4.78 is 0. The van der Waals surface area contributed by atoms with Crippen LogP contribution in [-0.4, -0.2) is 0 Å². The van der Waals surface area contributed by atoms with E-state index in [-0.39, 0.29) is 0 Å². The molecule has 0 spiro atoms. The number of hydrogen-bond donors (Lipinski definition) is 0. The van der Waals surface area contributed by atoms with Crippen molar-refractivity contribution in [1.29, 1.82) is 0 Å². The first-order chi connectivity index (χ1) is 6.75. The topological polar surface area (TPSA) is 0 Å². The molecule has 0 saturated carbocycles. The van der Waals surface area contributed by atoms with E-state index < -0.39 is 0 Å². The Morgan fingerprint density at radius 2 is 2.14 bits per heavy atom. The maximum atomic E-state index is 2.36. The van der Waals surface area contributed by atoms with E-state index in [1.54, 1.807) is 0 Å². The minimum Gasteiger partial charge on any atom is -0.0834 e. The van der Waals surface area contributed by atoms with Gasteiger partial charge in [-0.2, -0.15) is 0 Å². The van der Waals surface area contributed by atoms with E-state index in [2.05, 4.69) is 56.3 Å². The van der Waals surface area contributed by atoms with Crippen LogP contribution < -0.4 is 0 Å². The predicted molar refractivity (Wildman–Crippen MR) is 62.1 cm³/mol. The zero-order chi connectivity index (χ0) is 9.97. The molecule has 0 aliphatic heterocycles. The Kier molecular flexibility index (Phi) is 2.53. The van der Waals surface area contributed by atoms with Crippen LogP contribution in [0.5, 0.6) is 0 Å². The van der Waals surface area contributed by atoms with E-state index in [4.69, 9.17) is 0 Å². The lowest BCUT2D eigenvalue weighted by atomic mass is 9.93. The molecule has 0 fully saturated rings. The summed E-state index contributed by atoms with van der Waals surface area (Å²) in [5.74, 6) is 0.676. The average Bonchev–Trinajstić information content (AvgIpc) is 2.18. The van der Waals surface area contributed by atoms with Crippen LogP contribution in [0, 0.1) is 12.8 Å². The van der Waals surface area contributed by atoms with E-state index in [1.807, 2.05) is 0 Å². The molecule has 0 N–H and O–H groups in total. The first kappa shape index (κ1) is 9.26. The lowest BCUT2D eigenvalue weighted by Gasteiger charge is -2.12. The molecular formula is C14H16. The van der Waals surface area contributed by atoms with Crippen molar-refractivity contribution >= 4 is 5.57 Å². The van der Waals surface area contributed by atoms with Gasteiger partial charge in [0.1, 0.15) is 0 Å². The molecule has 72 valence electrons. The van der Waals surface area contributed by atoms with Gasteiger partial charge in [-0.25, -0.2) is 0 Å². The van der Waals surface area contributed by atoms with Crippen LogP contribution in [0.2, 0.25) is 0 Å². The first-order valence-corrected chi connectivity index (χ1v) is 5.21. The fraction of sp³-hybridized carbons (Fsp3) is 0.286. The zero-order valence-corrected chi connectivity index (χ0v) is 8.83. The van der Waals surface area contributed by atoms with Gasteiger partial charge < -0.3 is 0 Å². The molecule has 1 aromatic rings. The van der Waals surface area contributed by atoms with Gasteiger partial charge in [-0.3, -0.25) is 0 Å². The van der Waals surface area contributed by atoms with Gasteiger partial charge in [-0.1, -0.05) is 55.0 Å². The van der Waals surface area contributed by atoms with E-state index >= 15 is 0 Å². The van der Waals surface area contributed by atoms with E-state index in [9.17, 15) is 0 Å². The lowest BCUT2D eigenvalue weighted by molar-refractivity contribution is 0.740. The molecule has 0 amide bonds. The lowest BCUT2D eigenvalue weighted by Crippen LogP contribution is -1.94. The Morgan fingerprint density at radius 1 is 1.29 bits per heavy atom. The molecule has 1 aliphatic carbocycles. The number of rotatable bonds is 1. The Balaban J connectivity index is 2.35. The molecule has 1 unspecified atom stereocenters. The second kappa shape index (κ2) is 3.83. The van der Waals surface area contributed by atoms with Crippen molar-refractivity contribution in [3.63, 3.8) is 0 Å². The highest BCUT2D eigenvalue weighted by Gasteiger charge is 2.05. The third-order valence-corrected chi connectivity index (χ3v) is 2.62. The van der Waals surface area contributed by atoms with Crippen molar-refractivity contribution in [2.75, 3.05) is 0 Å². The number of benzene rings is 1. The fourth-order valence-corrected chi connectivity index (χ4v) is 1.86. The van der Waals surface area contributed by atoms with Gasteiger partial charge in [0.15, 0.2) is 0 Å². The number of aryl methyl sites for hydroxylation is 1. The van der Waals surface area contributed by atoms with Crippen molar-refractivity contribution in [2.24, 2.45) is 5.92 Å². The highest BCUT2D eigenvalue weighted by molar-refractivity contribution is 5.75. The summed E-state index contributed by atoms with van der Waals surface area (Å²) in [7, 11) is 0. The second-order valence-corrected chi connectivity index (χ2v) is 4.11. The maximum absolute atomic E-state index is 2.36. The summed E-state index contributed by atoms with van der Waals surface area (Å²) in [6.07, 6.45) is 8.03. The molecule has 1 aliphatic rings. The van der Waals surface area contributed by atoms with Crippen LogP contribution in [-0.2, 0) is 0 Å². The molecule has 0 heterocycles. The summed E-state index contributed by atoms with van der Waals surface area (Å²) in [6.45, 7) is 4.40. The van der Waals surface area contributed by atoms with Crippen molar-refractivity contribution in [3.8, 4) is 0 Å². The summed E-state index contributed by atoms with van der Waals surface area (Å²) in [5.41, 5.74) is 4.04. The van der Waals surface area contributed by atoms with Crippen LogP contribution in [0.25, 0.3) is 5.57 Å². The van der Waals surface area contributed by atoms with Crippen molar-refractivity contribution in [3.05, 3.63) is 53.6 Å². The quantitative estimate of drug-likeness (QED) is 0.619. The Hall–Kier alpha value is -1.30. The summed E-state index contributed by atoms with van der Waals surface area (Å²) in [4.78, 5) is 0. The summed E-state index contributed by atoms with van der Waals surface area (Å²) in [6, 6.07) is 8.69. The van der Waals surface area contributed by atoms with Crippen LogP contribution in [0.4, 0.5) is 0 Å². The molecule has 2 rings (SSSR count). The van der Waals surface area contributed by atoms with E-state index in [0.717, 1.165) is 0 Å². The van der Waals surface area contributed by atoms with Crippen LogP contribution in [0.1, 0.15) is 24.5 Å². The van der Waals surface area contributed by atoms with Gasteiger partial charge in [0.05, 0.1) is 0 Å². The van der Waals surface area contributed by atoms with E-state index in [0.29, 0.717) is 5.92 Å². The van der Waals surface area contributed by atoms with E-state index in [1.165, 1.54) is 23.1 Å². The Morgan fingerprint density at radius 3 is 2.86 bits per heavy atom. The van der Waals surface area contributed by atoms with Crippen molar-refractivity contribution in [1.82, 2.24) is 0 Å². The minimum atomic E-state index is 0.676. The third-order valence-electron chi connectivity index (χ3n) is 2.62. The second-order valence-electron chi connectivity index (χ2n) is 4.11. The number of hydrogen-bond acceptors (Lipinski definition) is 0. The molecule has 0 heteroatoms. The molecular weight excluding hydrogens is 168 g/mol. The minimum absolute atomic E-state index is 0.676. The highest BCUT2D eigenvalue weighted by atomic mass is 14.1. The molecule has 1 atom stereocenters. The SMILES string of the molecule is Cc1cccc(C2=CC(C)CC=C2)c1. The van der Waals surface area contributed by atoms with Crippen molar-refractivity contribution in [2.45, 2.75) is 20.3 Å².